The van der Waals surface area contributed by atoms with Crippen LogP contribution in [-0.4, -0.2) is 17.5 Å². The fourth-order valence-corrected chi connectivity index (χ4v) is 1.96. The smallest absolute Gasteiger partial charge is 0.189 e. The summed E-state index contributed by atoms with van der Waals surface area (Å²) in [6.45, 7) is 3.48. The van der Waals surface area contributed by atoms with Gasteiger partial charge in [0.05, 0.1) is 6.10 Å². The molecule has 0 aromatic rings. The van der Waals surface area contributed by atoms with Gasteiger partial charge in [-0.05, 0) is 25.3 Å². The van der Waals surface area contributed by atoms with Crippen molar-refractivity contribution in [2.45, 2.75) is 37.4 Å². The molecule has 0 aromatic carbocycles. The van der Waals surface area contributed by atoms with Gasteiger partial charge >= 0.3 is 0 Å². The molecular weight excluding hydrogens is 140 g/mol. The van der Waals surface area contributed by atoms with E-state index in [9.17, 15) is 4.79 Å². The number of carbonyl (C=O) groups excluding carboxylic acids is 1. The summed E-state index contributed by atoms with van der Waals surface area (Å²) < 4.78 is 5.40. The molecule has 11 heavy (non-hydrogen) atoms. The summed E-state index contributed by atoms with van der Waals surface area (Å²) in [6, 6.07) is 0. The van der Waals surface area contributed by atoms with E-state index in [1.807, 2.05) is 0 Å². The van der Waals surface area contributed by atoms with Gasteiger partial charge in [0.15, 0.2) is 11.4 Å². The molecule has 2 atom stereocenters. The molecule has 1 saturated carbocycles. The maximum Gasteiger partial charge on any atom is 0.189 e. The van der Waals surface area contributed by atoms with E-state index in [1.165, 1.54) is 12.5 Å². The van der Waals surface area contributed by atoms with Crippen molar-refractivity contribution in [2.75, 3.05) is 0 Å². The Morgan fingerprint density at radius 1 is 1.64 bits per heavy atom. The number of ether oxygens (including phenoxy) is 1. The van der Waals surface area contributed by atoms with Crippen LogP contribution in [0.25, 0.3) is 0 Å². The predicted molar refractivity (Wildman–Crippen MR) is 41.3 cm³/mol. The van der Waals surface area contributed by atoms with Crippen LogP contribution in [0.1, 0.15) is 25.7 Å². The summed E-state index contributed by atoms with van der Waals surface area (Å²) in [4.78, 5) is 11.3. The second kappa shape index (κ2) is 2.18. The minimum Gasteiger partial charge on any atom is -0.357 e. The Hall–Kier alpha value is -0.630. The zero-order valence-electron chi connectivity index (χ0n) is 6.51. The predicted octanol–water partition coefficient (Wildman–Crippen LogP) is 1.45. The minimum atomic E-state index is -0.403. The van der Waals surface area contributed by atoms with E-state index in [-0.39, 0.29) is 11.9 Å². The highest BCUT2D eigenvalue weighted by Crippen LogP contribution is 2.48. The Kier molecular flexibility index (Phi) is 1.39. The molecule has 2 heteroatoms. The van der Waals surface area contributed by atoms with Crippen molar-refractivity contribution in [1.82, 2.24) is 0 Å². The molecule has 1 aliphatic carbocycles. The SMILES string of the molecule is C=CC(=O)C12CCCCC1O2. The average Bonchev–Trinajstić information content (AvgIpc) is 2.78. The van der Waals surface area contributed by atoms with E-state index in [1.54, 1.807) is 0 Å². The van der Waals surface area contributed by atoms with Crippen LogP contribution in [0.3, 0.4) is 0 Å². The third-order valence-corrected chi connectivity index (χ3v) is 2.68. The second-order valence-corrected chi connectivity index (χ2v) is 3.31. The van der Waals surface area contributed by atoms with Crippen LogP contribution in [0.4, 0.5) is 0 Å². The van der Waals surface area contributed by atoms with E-state index in [0.29, 0.717) is 0 Å². The number of hydrogen-bond acceptors (Lipinski definition) is 2. The van der Waals surface area contributed by atoms with Crippen molar-refractivity contribution in [1.29, 1.82) is 0 Å². The van der Waals surface area contributed by atoms with Gasteiger partial charge in [-0.15, -0.1) is 0 Å². The van der Waals surface area contributed by atoms with Crippen LogP contribution in [-0.2, 0) is 9.53 Å². The Bertz CT molecular complexity index is 210. The number of hydrogen-bond donors (Lipinski definition) is 0. The van der Waals surface area contributed by atoms with Crippen molar-refractivity contribution in [2.24, 2.45) is 0 Å². The quantitative estimate of drug-likeness (QED) is 0.442. The largest absolute Gasteiger partial charge is 0.357 e. The van der Waals surface area contributed by atoms with E-state index in [2.05, 4.69) is 6.58 Å². The van der Waals surface area contributed by atoms with Crippen molar-refractivity contribution in [3.05, 3.63) is 12.7 Å². The summed E-state index contributed by atoms with van der Waals surface area (Å²) >= 11 is 0. The molecule has 0 aromatic heterocycles. The van der Waals surface area contributed by atoms with Gasteiger partial charge in [-0.2, -0.15) is 0 Å². The number of fused-ring (bicyclic) bond motifs is 1. The molecule has 1 heterocycles. The molecule has 1 saturated heterocycles. The molecule has 2 rings (SSSR count). The van der Waals surface area contributed by atoms with E-state index in [0.717, 1.165) is 19.3 Å². The number of ketones is 1. The topological polar surface area (TPSA) is 29.6 Å². The minimum absolute atomic E-state index is 0.0854. The molecule has 2 nitrogen and oxygen atoms in total. The molecule has 0 bridgehead atoms. The van der Waals surface area contributed by atoms with Crippen molar-refractivity contribution < 1.29 is 9.53 Å². The third-order valence-electron chi connectivity index (χ3n) is 2.68. The molecule has 60 valence electrons. The molecule has 1 aliphatic heterocycles. The van der Waals surface area contributed by atoms with Crippen LogP contribution in [0.5, 0.6) is 0 Å². The Balaban J connectivity index is 2.12. The summed E-state index contributed by atoms with van der Waals surface area (Å²) in [5.74, 6) is 0.0854. The summed E-state index contributed by atoms with van der Waals surface area (Å²) in [7, 11) is 0. The average molecular weight is 152 g/mol. The lowest BCUT2D eigenvalue weighted by Crippen LogP contribution is -2.28. The first-order valence-corrected chi connectivity index (χ1v) is 4.14. The monoisotopic (exact) mass is 152 g/mol. The van der Waals surface area contributed by atoms with Gasteiger partial charge in [-0.25, -0.2) is 0 Å². The highest BCUT2D eigenvalue weighted by molar-refractivity contribution is 5.99. The summed E-state index contributed by atoms with van der Waals surface area (Å²) in [6.07, 6.45) is 5.90. The molecule has 2 aliphatic rings. The highest BCUT2D eigenvalue weighted by Gasteiger charge is 2.61. The lowest BCUT2D eigenvalue weighted by atomic mass is 9.86. The normalized spacial score (nSPS) is 40.9. The maximum absolute atomic E-state index is 11.3. The molecule has 0 amide bonds. The molecule has 0 radical (unpaired) electrons. The Morgan fingerprint density at radius 2 is 2.45 bits per heavy atom. The maximum atomic E-state index is 11.3. The molecule has 0 N–H and O–H groups in total. The first-order chi connectivity index (χ1) is 5.29. The van der Waals surface area contributed by atoms with Crippen molar-refractivity contribution >= 4 is 5.78 Å². The molecular formula is C9H12O2. The number of epoxide rings is 1. The van der Waals surface area contributed by atoms with Gasteiger partial charge in [-0.1, -0.05) is 13.0 Å². The fraction of sp³-hybridized carbons (Fsp3) is 0.667. The van der Waals surface area contributed by atoms with Crippen LogP contribution in [0, 0.1) is 0 Å². The van der Waals surface area contributed by atoms with Crippen LogP contribution < -0.4 is 0 Å². The first kappa shape index (κ1) is 7.04. The van der Waals surface area contributed by atoms with Crippen LogP contribution in [0.2, 0.25) is 0 Å². The highest BCUT2D eigenvalue weighted by atomic mass is 16.6. The second-order valence-electron chi connectivity index (χ2n) is 3.31. The fourth-order valence-electron chi connectivity index (χ4n) is 1.96. The Morgan fingerprint density at radius 3 is 3.09 bits per heavy atom. The number of rotatable bonds is 2. The Labute approximate surface area is 66.2 Å². The molecule has 2 unspecified atom stereocenters. The lowest BCUT2D eigenvalue weighted by molar-refractivity contribution is -0.119. The van der Waals surface area contributed by atoms with Gasteiger partial charge < -0.3 is 4.74 Å². The zero-order chi connectivity index (χ0) is 7.90. The van der Waals surface area contributed by atoms with E-state index in [4.69, 9.17) is 4.74 Å². The van der Waals surface area contributed by atoms with Crippen LogP contribution >= 0.6 is 0 Å². The van der Waals surface area contributed by atoms with Gasteiger partial charge in [0, 0.05) is 0 Å². The zero-order valence-corrected chi connectivity index (χ0v) is 6.51. The lowest BCUT2D eigenvalue weighted by Gasteiger charge is -2.13. The van der Waals surface area contributed by atoms with Gasteiger partial charge in [0.1, 0.15) is 0 Å². The standard InChI is InChI=1S/C9H12O2/c1-2-7(10)9-6-4-3-5-8(9)11-9/h2,8H,1,3-6H2. The van der Waals surface area contributed by atoms with Crippen molar-refractivity contribution in [3.8, 4) is 0 Å². The van der Waals surface area contributed by atoms with Crippen molar-refractivity contribution in [3.63, 3.8) is 0 Å². The third kappa shape index (κ3) is 0.857. The molecule has 2 fully saturated rings. The first-order valence-electron chi connectivity index (χ1n) is 4.14. The number of carbonyl (C=O) groups is 1. The summed E-state index contributed by atoms with van der Waals surface area (Å²) in [5.41, 5.74) is -0.403. The van der Waals surface area contributed by atoms with Gasteiger partial charge in [-0.3, -0.25) is 4.79 Å². The van der Waals surface area contributed by atoms with E-state index < -0.39 is 5.60 Å². The summed E-state index contributed by atoms with van der Waals surface area (Å²) in [5, 5.41) is 0. The molecule has 0 spiro atoms. The van der Waals surface area contributed by atoms with Crippen LogP contribution in [0.15, 0.2) is 12.7 Å². The van der Waals surface area contributed by atoms with E-state index >= 15 is 0 Å². The van der Waals surface area contributed by atoms with Gasteiger partial charge in [0.2, 0.25) is 0 Å². The van der Waals surface area contributed by atoms with Gasteiger partial charge in [0.25, 0.3) is 0 Å².